The monoisotopic (exact) mass is 302 g/mol. The zero-order valence-electron chi connectivity index (χ0n) is 11.1. The minimum Gasteiger partial charge on any atom is -0.507 e. The number of ether oxygens (including phenoxy) is 1. The lowest BCUT2D eigenvalue weighted by Gasteiger charge is -2.06. The van der Waals surface area contributed by atoms with Crippen LogP contribution < -0.4 is 10.2 Å². The third kappa shape index (κ3) is 2.34. The van der Waals surface area contributed by atoms with E-state index in [2.05, 4.69) is 0 Å². The second kappa shape index (κ2) is 5.14. The van der Waals surface area contributed by atoms with Gasteiger partial charge >= 0.3 is 0 Å². The summed E-state index contributed by atoms with van der Waals surface area (Å²) in [7, 11) is 1.47. The molecule has 1 heterocycles. The predicted molar refractivity (Wildman–Crippen MR) is 81.1 cm³/mol. The molecule has 3 aromatic rings. The fourth-order valence-electron chi connectivity index (χ4n) is 2.18. The fraction of sp³-hybridized carbons (Fsp3) is 0.0625. The Kier molecular flexibility index (Phi) is 3.31. The molecule has 0 radical (unpaired) electrons. The van der Waals surface area contributed by atoms with Crippen molar-refractivity contribution in [2.75, 3.05) is 7.11 Å². The molecule has 1 aromatic heterocycles. The van der Waals surface area contributed by atoms with Crippen molar-refractivity contribution in [2.45, 2.75) is 0 Å². The van der Waals surface area contributed by atoms with Gasteiger partial charge in [0.15, 0.2) is 0 Å². The summed E-state index contributed by atoms with van der Waals surface area (Å²) in [5, 5.41) is 10.7. The highest BCUT2D eigenvalue weighted by molar-refractivity contribution is 6.30. The van der Waals surface area contributed by atoms with Crippen LogP contribution in [-0.4, -0.2) is 12.2 Å². The summed E-state index contributed by atoms with van der Waals surface area (Å²) in [6, 6.07) is 9.81. The first-order valence-corrected chi connectivity index (χ1v) is 6.56. The smallest absolute Gasteiger partial charge is 0.204 e. The molecule has 0 aliphatic rings. The molecule has 0 spiro atoms. The first-order valence-electron chi connectivity index (χ1n) is 6.18. The van der Waals surface area contributed by atoms with E-state index in [1.165, 1.54) is 19.4 Å². The number of phenolic OH excluding ortho intramolecular Hbond substituents is 1. The molecular formula is C16H11ClO4. The normalized spacial score (nSPS) is 10.8. The predicted octanol–water partition coefficient (Wildman–Crippen LogP) is 3.83. The van der Waals surface area contributed by atoms with Gasteiger partial charge in [0.1, 0.15) is 28.7 Å². The van der Waals surface area contributed by atoms with Crippen LogP contribution in [0, 0.1) is 0 Å². The Bertz CT molecular complexity index is 883. The van der Waals surface area contributed by atoms with Crippen molar-refractivity contribution in [3.63, 3.8) is 0 Å². The largest absolute Gasteiger partial charge is 0.507 e. The molecule has 4 nitrogen and oxygen atoms in total. The molecule has 0 atom stereocenters. The number of halogens is 1. The van der Waals surface area contributed by atoms with E-state index in [9.17, 15) is 9.90 Å². The molecule has 5 heteroatoms. The van der Waals surface area contributed by atoms with Crippen LogP contribution in [0.4, 0.5) is 0 Å². The highest BCUT2D eigenvalue weighted by Crippen LogP contribution is 2.30. The Balaban J connectivity index is 2.31. The lowest BCUT2D eigenvalue weighted by molar-refractivity contribution is 0.408. The lowest BCUT2D eigenvalue weighted by atomic mass is 10.1. The van der Waals surface area contributed by atoms with Crippen molar-refractivity contribution >= 4 is 22.6 Å². The number of methoxy groups -OCH3 is 1. The van der Waals surface area contributed by atoms with Crippen LogP contribution in [0.1, 0.15) is 0 Å². The maximum atomic E-state index is 12.6. The third-order valence-electron chi connectivity index (χ3n) is 3.20. The van der Waals surface area contributed by atoms with Crippen LogP contribution in [0.2, 0.25) is 5.02 Å². The van der Waals surface area contributed by atoms with Gasteiger partial charge in [0.25, 0.3) is 0 Å². The van der Waals surface area contributed by atoms with Gasteiger partial charge in [-0.3, -0.25) is 4.79 Å². The van der Waals surface area contributed by atoms with Gasteiger partial charge < -0.3 is 14.3 Å². The molecule has 0 unspecified atom stereocenters. The van der Waals surface area contributed by atoms with Gasteiger partial charge in [-0.05, 0) is 17.7 Å². The average molecular weight is 303 g/mol. The first kappa shape index (κ1) is 13.5. The summed E-state index contributed by atoms with van der Waals surface area (Å²) in [5.74, 6) is 0.237. The molecule has 0 amide bonds. The van der Waals surface area contributed by atoms with E-state index in [0.29, 0.717) is 21.9 Å². The van der Waals surface area contributed by atoms with Crippen molar-refractivity contribution in [3.05, 3.63) is 57.9 Å². The van der Waals surface area contributed by atoms with Crippen molar-refractivity contribution in [1.82, 2.24) is 0 Å². The van der Waals surface area contributed by atoms with E-state index in [4.69, 9.17) is 20.8 Å². The Morgan fingerprint density at radius 2 is 2.05 bits per heavy atom. The van der Waals surface area contributed by atoms with Crippen LogP contribution in [0.25, 0.3) is 22.1 Å². The zero-order chi connectivity index (χ0) is 15.0. The molecular weight excluding hydrogens is 292 g/mol. The van der Waals surface area contributed by atoms with Gasteiger partial charge in [0, 0.05) is 17.2 Å². The van der Waals surface area contributed by atoms with Gasteiger partial charge in [-0.25, -0.2) is 0 Å². The summed E-state index contributed by atoms with van der Waals surface area (Å²) in [5.41, 5.74) is 0.917. The Hall–Kier alpha value is -2.46. The molecule has 0 fully saturated rings. The fourth-order valence-corrected chi connectivity index (χ4v) is 2.37. The highest BCUT2D eigenvalue weighted by Gasteiger charge is 2.14. The van der Waals surface area contributed by atoms with E-state index in [1.54, 1.807) is 30.3 Å². The van der Waals surface area contributed by atoms with Crippen molar-refractivity contribution in [3.8, 4) is 22.6 Å². The Labute approximate surface area is 125 Å². The van der Waals surface area contributed by atoms with Crippen LogP contribution >= 0.6 is 11.6 Å². The molecule has 0 bridgehead atoms. The number of rotatable bonds is 2. The number of fused-ring (bicyclic) bond motifs is 1. The van der Waals surface area contributed by atoms with E-state index in [-0.39, 0.29) is 22.1 Å². The van der Waals surface area contributed by atoms with E-state index >= 15 is 0 Å². The molecule has 1 N–H and O–H groups in total. The van der Waals surface area contributed by atoms with E-state index in [1.807, 2.05) is 0 Å². The molecule has 3 rings (SSSR count). The van der Waals surface area contributed by atoms with Gasteiger partial charge in [-0.2, -0.15) is 0 Å². The molecule has 0 aliphatic carbocycles. The van der Waals surface area contributed by atoms with Gasteiger partial charge in [-0.1, -0.05) is 23.7 Å². The summed E-state index contributed by atoms with van der Waals surface area (Å²) in [6.45, 7) is 0. The summed E-state index contributed by atoms with van der Waals surface area (Å²) >= 11 is 5.94. The second-order valence-electron chi connectivity index (χ2n) is 4.51. The highest BCUT2D eigenvalue weighted by atomic mass is 35.5. The molecule has 2 aromatic carbocycles. The van der Waals surface area contributed by atoms with Crippen molar-refractivity contribution in [1.29, 1.82) is 0 Å². The summed E-state index contributed by atoms with van der Waals surface area (Å²) < 4.78 is 10.5. The standard InChI is InChI=1S/C16H11ClO4/c1-20-11-6-13(18)15-14(7-11)21-8-12(16(15)19)9-3-2-4-10(17)5-9/h2-8,18H,1H3. The SMILES string of the molecule is COc1cc(O)c2c(=O)c(-c3cccc(Cl)c3)coc2c1. The maximum absolute atomic E-state index is 12.6. The van der Waals surface area contributed by atoms with Gasteiger partial charge in [0.05, 0.1) is 12.7 Å². The minimum atomic E-state index is -0.321. The molecule has 0 saturated heterocycles. The zero-order valence-corrected chi connectivity index (χ0v) is 11.8. The second-order valence-corrected chi connectivity index (χ2v) is 4.94. The number of phenols is 1. The van der Waals surface area contributed by atoms with Crippen molar-refractivity contribution in [2.24, 2.45) is 0 Å². The van der Waals surface area contributed by atoms with Crippen LogP contribution in [0.5, 0.6) is 11.5 Å². The third-order valence-corrected chi connectivity index (χ3v) is 3.44. The van der Waals surface area contributed by atoms with Crippen LogP contribution in [-0.2, 0) is 0 Å². The average Bonchev–Trinajstić information content (AvgIpc) is 2.47. The number of benzene rings is 2. The number of hydrogen-bond acceptors (Lipinski definition) is 4. The summed E-state index contributed by atoms with van der Waals surface area (Å²) in [4.78, 5) is 12.6. The Morgan fingerprint density at radius 3 is 2.76 bits per heavy atom. The Morgan fingerprint density at radius 1 is 1.24 bits per heavy atom. The quantitative estimate of drug-likeness (QED) is 0.781. The summed E-state index contributed by atoms with van der Waals surface area (Å²) in [6.07, 6.45) is 1.36. The molecule has 21 heavy (non-hydrogen) atoms. The molecule has 106 valence electrons. The van der Waals surface area contributed by atoms with E-state index in [0.717, 1.165) is 0 Å². The van der Waals surface area contributed by atoms with Gasteiger partial charge in [-0.15, -0.1) is 0 Å². The maximum Gasteiger partial charge on any atom is 0.204 e. The van der Waals surface area contributed by atoms with Crippen LogP contribution in [0.15, 0.2) is 51.9 Å². The minimum absolute atomic E-state index is 0.119. The number of hydrogen-bond donors (Lipinski definition) is 1. The molecule has 0 aliphatic heterocycles. The first-order chi connectivity index (χ1) is 10.1. The van der Waals surface area contributed by atoms with Gasteiger partial charge in [0.2, 0.25) is 5.43 Å². The number of aromatic hydroxyl groups is 1. The van der Waals surface area contributed by atoms with Crippen LogP contribution in [0.3, 0.4) is 0 Å². The lowest BCUT2D eigenvalue weighted by Crippen LogP contribution is -2.05. The van der Waals surface area contributed by atoms with Crippen molar-refractivity contribution < 1.29 is 14.3 Å². The topological polar surface area (TPSA) is 59.7 Å². The molecule has 0 saturated carbocycles. The van der Waals surface area contributed by atoms with E-state index < -0.39 is 0 Å².